The Morgan fingerprint density at radius 2 is 1.68 bits per heavy atom. The number of carbonyl (C=O) groups excluding carboxylic acids is 1. The van der Waals surface area contributed by atoms with Crippen LogP contribution in [-0.2, 0) is 10.0 Å². The second kappa shape index (κ2) is 6.59. The fraction of sp³-hybridized carbons (Fsp3) is 0.133. The molecule has 0 heterocycles. The van der Waals surface area contributed by atoms with E-state index >= 15 is 0 Å². The van der Waals surface area contributed by atoms with Crippen molar-refractivity contribution in [3.63, 3.8) is 0 Å². The van der Waals surface area contributed by atoms with Gasteiger partial charge >= 0.3 is 0 Å². The number of amides is 1. The van der Waals surface area contributed by atoms with E-state index in [1.165, 1.54) is 24.3 Å². The van der Waals surface area contributed by atoms with E-state index in [0.29, 0.717) is 17.9 Å². The maximum Gasteiger partial charge on any atom is 0.255 e. The van der Waals surface area contributed by atoms with Crippen molar-refractivity contribution in [2.45, 2.75) is 11.8 Å². The summed E-state index contributed by atoms with van der Waals surface area (Å²) >= 11 is 0. The van der Waals surface area contributed by atoms with Gasteiger partial charge in [-0.3, -0.25) is 4.79 Å². The fourth-order valence-corrected chi connectivity index (χ4v) is 2.32. The Hall–Kier alpha value is -2.38. The molecule has 0 radical (unpaired) electrons. The van der Waals surface area contributed by atoms with Gasteiger partial charge in [-0.2, -0.15) is 0 Å². The number of hydrogen-bond donors (Lipinski definition) is 2. The van der Waals surface area contributed by atoms with E-state index in [4.69, 9.17) is 9.88 Å². The number of nitrogens with one attached hydrogen (secondary N) is 1. The number of hydrogen-bond acceptors (Lipinski definition) is 4. The molecule has 0 atom stereocenters. The van der Waals surface area contributed by atoms with Crippen molar-refractivity contribution in [2.75, 3.05) is 11.9 Å². The lowest BCUT2D eigenvalue weighted by atomic mass is 10.2. The molecule has 7 heteroatoms. The normalized spacial score (nSPS) is 11.0. The van der Waals surface area contributed by atoms with Gasteiger partial charge in [0.05, 0.1) is 11.5 Å². The lowest BCUT2D eigenvalue weighted by Gasteiger charge is -2.07. The van der Waals surface area contributed by atoms with Gasteiger partial charge in [0.15, 0.2) is 0 Å². The van der Waals surface area contributed by atoms with E-state index in [1.54, 1.807) is 24.3 Å². The second-order valence-corrected chi connectivity index (χ2v) is 6.04. The smallest absolute Gasteiger partial charge is 0.255 e. The van der Waals surface area contributed by atoms with Gasteiger partial charge in [-0.1, -0.05) is 0 Å². The van der Waals surface area contributed by atoms with Gasteiger partial charge in [0.25, 0.3) is 5.91 Å². The number of nitrogens with two attached hydrogens (primary N) is 1. The van der Waals surface area contributed by atoms with Crippen LogP contribution in [0.5, 0.6) is 5.75 Å². The van der Waals surface area contributed by atoms with Gasteiger partial charge in [-0.15, -0.1) is 0 Å². The topological polar surface area (TPSA) is 98.5 Å². The summed E-state index contributed by atoms with van der Waals surface area (Å²) in [6.07, 6.45) is 0. The Bertz CT molecular complexity index is 753. The molecule has 0 aliphatic carbocycles. The minimum Gasteiger partial charge on any atom is -0.494 e. The van der Waals surface area contributed by atoms with E-state index in [0.717, 1.165) is 5.75 Å². The zero-order chi connectivity index (χ0) is 16.2. The molecule has 0 aliphatic rings. The molecule has 0 spiro atoms. The Morgan fingerprint density at radius 3 is 2.18 bits per heavy atom. The summed E-state index contributed by atoms with van der Waals surface area (Å²) in [6, 6.07) is 12.4. The van der Waals surface area contributed by atoms with E-state index < -0.39 is 10.0 Å². The number of carbonyl (C=O) groups is 1. The van der Waals surface area contributed by atoms with Gasteiger partial charge in [0.2, 0.25) is 10.0 Å². The van der Waals surface area contributed by atoms with Gasteiger partial charge in [-0.05, 0) is 55.5 Å². The average Bonchev–Trinajstić information content (AvgIpc) is 2.49. The molecule has 2 aromatic carbocycles. The van der Waals surface area contributed by atoms with E-state index in [1.807, 2.05) is 6.92 Å². The highest BCUT2D eigenvalue weighted by molar-refractivity contribution is 7.89. The molecule has 0 bridgehead atoms. The summed E-state index contributed by atoms with van der Waals surface area (Å²) in [5.74, 6) is 0.378. The first-order valence-electron chi connectivity index (χ1n) is 6.57. The lowest BCUT2D eigenvalue weighted by molar-refractivity contribution is 0.102. The molecule has 0 saturated carbocycles. The minimum absolute atomic E-state index is 0.0369. The van der Waals surface area contributed by atoms with Crippen molar-refractivity contribution < 1.29 is 17.9 Å². The molecule has 116 valence electrons. The average molecular weight is 320 g/mol. The second-order valence-electron chi connectivity index (χ2n) is 4.48. The van der Waals surface area contributed by atoms with Crippen LogP contribution in [0.3, 0.4) is 0 Å². The number of rotatable bonds is 5. The van der Waals surface area contributed by atoms with Crippen molar-refractivity contribution in [3.8, 4) is 5.75 Å². The number of anilines is 1. The summed E-state index contributed by atoms with van der Waals surface area (Å²) < 4.78 is 27.6. The first-order chi connectivity index (χ1) is 10.4. The third-order valence-corrected chi connectivity index (χ3v) is 3.80. The van der Waals surface area contributed by atoms with Gasteiger partial charge in [0, 0.05) is 11.3 Å². The molecule has 6 nitrogen and oxygen atoms in total. The SMILES string of the molecule is CCOc1ccc(NC(=O)c2ccc(S(N)(=O)=O)cc2)cc1. The highest BCUT2D eigenvalue weighted by atomic mass is 32.2. The molecule has 0 aromatic heterocycles. The number of benzene rings is 2. The molecule has 0 fully saturated rings. The summed E-state index contributed by atoms with van der Waals surface area (Å²) in [5.41, 5.74) is 0.949. The van der Waals surface area contributed by atoms with Gasteiger partial charge < -0.3 is 10.1 Å². The molecule has 1 amide bonds. The van der Waals surface area contributed by atoms with Crippen LogP contribution >= 0.6 is 0 Å². The number of sulfonamides is 1. The summed E-state index contributed by atoms with van der Waals surface area (Å²) in [4.78, 5) is 12.0. The Morgan fingerprint density at radius 1 is 1.09 bits per heavy atom. The van der Waals surface area contributed by atoms with Gasteiger partial charge in [-0.25, -0.2) is 13.6 Å². The van der Waals surface area contributed by atoms with E-state index in [9.17, 15) is 13.2 Å². The maximum absolute atomic E-state index is 12.1. The molecule has 22 heavy (non-hydrogen) atoms. The molecule has 2 aromatic rings. The Labute approximate surface area is 129 Å². The number of primary sulfonamides is 1. The van der Waals surface area contributed by atoms with Crippen LogP contribution in [0.2, 0.25) is 0 Å². The highest BCUT2D eigenvalue weighted by Gasteiger charge is 2.10. The Kier molecular flexibility index (Phi) is 4.79. The molecule has 0 aliphatic heterocycles. The zero-order valence-corrected chi connectivity index (χ0v) is 12.8. The summed E-state index contributed by atoms with van der Waals surface area (Å²) in [7, 11) is -3.76. The fourth-order valence-electron chi connectivity index (χ4n) is 1.80. The van der Waals surface area contributed by atoms with Crippen molar-refractivity contribution in [3.05, 3.63) is 54.1 Å². The largest absolute Gasteiger partial charge is 0.494 e. The molecule has 0 unspecified atom stereocenters. The van der Waals surface area contributed by atoms with Crippen LogP contribution in [-0.4, -0.2) is 20.9 Å². The predicted molar refractivity (Wildman–Crippen MR) is 83.4 cm³/mol. The van der Waals surface area contributed by atoms with E-state index in [2.05, 4.69) is 5.32 Å². The van der Waals surface area contributed by atoms with Crippen molar-refractivity contribution in [2.24, 2.45) is 5.14 Å². The van der Waals surface area contributed by atoms with Crippen LogP contribution < -0.4 is 15.2 Å². The third kappa shape index (κ3) is 4.06. The van der Waals surface area contributed by atoms with Crippen molar-refractivity contribution in [1.29, 1.82) is 0 Å². The quantitative estimate of drug-likeness (QED) is 0.880. The molecule has 0 saturated heterocycles. The van der Waals surface area contributed by atoms with Crippen LogP contribution in [0.4, 0.5) is 5.69 Å². The lowest BCUT2D eigenvalue weighted by Crippen LogP contribution is -2.14. The van der Waals surface area contributed by atoms with Gasteiger partial charge in [0.1, 0.15) is 5.75 Å². The third-order valence-electron chi connectivity index (χ3n) is 2.87. The zero-order valence-electron chi connectivity index (χ0n) is 11.9. The number of ether oxygens (including phenoxy) is 1. The predicted octanol–water partition coefficient (Wildman–Crippen LogP) is 1.99. The molecule has 3 N–H and O–H groups in total. The first kappa shape index (κ1) is 16.0. The van der Waals surface area contributed by atoms with Crippen LogP contribution in [0.15, 0.2) is 53.4 Å². The van der Waals surface area contributed by atoms with Crippen LogP contribution in [0, 0.1) is 0 Å². The minimum atomic E-state index is -3.76. The Balaban J connectivity index is 2.08. The summed E-state index contributed by atoms with van der Waals surface area (Å²) in [6.45, 7) is 2.46. The van der Waals surface area contributed by atoms with Crippen molar-refractivity contribution in [1.82, 2.24) is 0 Å². The molecular weight excluding hydrogens is 304 g/mol. The standard InChI is InChI=1S/C15H16N2O4S/c1-2-21-13-7-5-12(6-8-13)17-15(18)11-3-9-14(10-4-11)22(16,19)20/h3-10H,2H2,1H3,(H,17,18)(H2,16,19,20). The molecular formula is C15H16N2O4S. The van der Waals surface area contributed by atoms with Crippen molar-refractivity contribution >= 4 is 21.6 Å². The van der Waals surface area contributed by atoms with Crippen LogP contribution in [0.25, 0.3) is 0 Å². The van der Waals surface area contributed by atoms with Crippen LogP contribution in [0.1, 0.15) is 17.3 Å². The monoisotopic (exact) mass is 320 g/mol. The summed E-state index contributed by atoms with van der Waals surface area (Å²) in [5, 5.41) is 7.72. The maximum atomic E-state index is 12.1. The van der Waals surface area contributed by atoms with E-state index in [-0.39, 0.29) is 10.8 Å². The highest BCUT2D eigenvalue weighted by Crippen LogP contribution is 2.17. The molecule has 2 rings (SSSR count). The first-order valence-corrected chi connectivity index (χ1v) is 8.12.